The molecule has 0 unspecified atom stereocenters. The third kappa shape index (κ3) is 7.35. The monoisotopic (exact) mass is 490 g/mol. The van der Waals surface area contributed by atoms with Gasteiger partial charge in [0.2, 0.25) is 5.75 Å². The third-order valence-corrected chi connectivity index (χ3v) is 5.18. The molecule has 0 atom stereocenters. The van der Waals surface area contributed by atoms with Crippen LogP contribution in [0.5, 0.6) is 17.2 Å². The second-order valence-corrected chi connectivity index (χ2v) is 9.83. The molecule has 0 amide bonds. The van der Waals surface area contributed by atoms with E-state index in [1.54, 1.807) is 48.5 Å². The van der Waals surface area contributed by atoms with Gasteiger partial charge in [-0.15, -0.1) is 0 Å². The number of carbonyl (C=O) groups is 1. The van der Waals surface area contributed by atoms with E-state index in [4.69, 9.17) is 18.6 Å². The highest BCUT2D eigenvalue weighted by molar-refractivity contribution is 5.97. The van der Waals surface area contributed by atoms with E-state index in [2.05, 4.69) is 19.9 Å². The van der Waals surface area contributed by atoms with E-state index in [9.17, 15) is 9.59 Å². The molecule has 3 rings (SSSR count). The van der Waals surface area contributed by atoms with Crippen molar-refractivity contribution in [2.75, 3.05) is 6.61 Å². The Morgan fingerprint density at radius 2 is 1.67 bits per heavy atom. The van der Waals surface area contributed by atoms with Crippen molar-refractivity contribution in [3.05, 3.63) is 87.8 Å². The first-order valence-corrected chi connectivity index (χ1v) is 12.0. The van der Waals surface area contributed by atoms with Gasteiger partial charge in [-0.1, -0.05) is 41.5 Å². The lowest BCUT2D eigenvalue weighted by atomic mass is 10.1. The van der Waals surface area contributed by atoms with Gasteiger partial charge in [-0.2, -0.15) is 0 Å². The summed E-state index contributed by atoms with van der Waals surface area (Å²) in [6.45, 7) is 12.0. The largest absolute Gasteiger partial charge is 0.487 e. The van der Waals surface area contributed by atoms with Crippen molar-refractivity contribution in [3.8, 4) is 17.2 Å². The molecular weight excluding hydrogens is 456 g/mol. The molecule has 36 heavy (non-hydrogen) atoms. The van der Waals surface area contributed by atoms with Crippen LogP contribution in [0, 0.1) is 0 Å². The lowest BCUT2D eigenvalue weighted by molar-refractivity contribution is 0.0729. The van der Waals surface area contributed by atoms with Gasteiger partial charge in [0, 0.05) is 0 Å². The van der Waals surface area contributed by atoms with Gasteiger partial charge < -0.3 is 18.6 Å². The van der Waals surface area contributed by atoms with Gasteiger partial charge in [-0.3, -0.25) is 0 Å². The molecule has 0 aliphatic heterocycles. The minimum atomic E-state index is -0.734. The molecule has 0 saturated carbocycles. The number of allylic oxidation sites excluding steroid dienone is 3. The SMILES string of the molecule is CC(C)=CCC/C(C)=C/COc1c(OC(=O)c2ccccc2)c2c(OC(C)(C)C)cccc2oc1=O. The lowest BCUT2D eigenvalue weighted by Crippen LogP contribution is -2.23. The van der Waals surface area contributed by atoms with Gasteiger partial charge >= 0.3 is 11.6 Å². The zero-order valence-electron chi connectivity index (χ0n) is 21.8. The van der Waals surface area contributed by atoms with Crippen molar-refractivity contribution in [2.24, 2.45) is 0 Å². The first kappa shape index (κ1) is 26.8. The fraction of sp³-hybridized carbons (Fsp3) is 0.333. The van der Waals surface area contributed by atoms with Gasteiger partial charge in [0.05, 0.1) is 5.56 Å². The highest BCUT2D eigenvalue weighted by Gasteiger charge is 2.25. The quantitative estimate of drug-likeness (QED) is 0.178. The minimum absolute atomic E-state index is 0.0226. The Balaban J connectivity index is 2.04. The molecule has 6 heteroatoms. The predicted molar refractivity (Wildman–Crippen MR) is 142 cm³/mol. The first-order valence-electron chi connectivity index (χ1n) is 12.0. The number of ether oxygens (including phenoxy) is 3. The van der Waals surface area contributed by atoms with Crippen molar-refractivity contribution in [1.82, 2.24) is 0 Å². The van der Waals surface area contributed by atoms with Crippen molar-refractivity contribution in [3.63, 3.8) is 0 Å². The van der Waals surface area contributed by atoms with Crippen LogP contribution >= 0.6 is 0 Å². The summed E-state index contributed by atoms with van der Waals surface area (Å²) in [7, 11) is 0. The molecule has 0 spiro atoms. The molecule has 1 aromatic heterocycles. The molecule has 0 aliphatic carbocycles. The Kier molecular flexibility index (Phi) is 8.75. The van der Waals surface area contributed by atoms with Crippen molar-refractivity contribution in [2.45, 2.75) is 60.0 Å². The van der Waals surface area contributed by atoms with Crippen molar-refractivity contribution < 1.29 is 23.4 Å². The van der Waals surface area contributed by atoms with Crippen LogP contribution in [0.3, 0.4) is 0 Å². The number of hydrogen-bond acceptors (Lipinski definition) is 6. The topological polar surface area (TPSA) is 75.0 Å². The maximum atomic E-state index is 13.0. The number of hydrogen-bond donors (Lipinski definition) is 0. The molecule has 0 fully saturated rings. The summed E-state index contributed by atoms with van der Waals surface area (Å²) in [4.78, 5) is 25.9. The molecule has 0 saturated heterocycles. The molecule has 1 heterocycles. The lowest BCUT2D eigenvalue weighted by Gasteiger charge is -2.23. The van der Waals surface area contributed by atoms with E-state index in [-0.39, 0.29) is 23.7 Å². The maximum absolute atomic E-state index is 13.0. The van der Waals surface area contributed by atoms with Crippen molar-refractivity contribution in [1.29, 1.82) is 0 Å². The van der Waals surface area contributed by atoms with Crippen LogP contribution in [0.4, 0.5) is 0 Å². The summed E-state index contributed by atoms with van der Waals surface area (Å²) in [5.41, 5.74) is 1.69. The number of rotatable bonds is 9. The molecule has 0 aliphatic rings. The zero-order valence-corrected chi connectivity index (χ0v) is 21.8. The van der Waals surface area contributed by atoms with E-state index in [0.717, 1.165) is 18.4 Å². The average molecular weight is 491 g/mol. The third-order valence-electron chi connectivity index (χ3n) is 5.18. The van der Waals surface area contributed by atoms with E-state index < -0.39 is 17.2 Å². The summed E-state index contributed by atoms with van der Waals surface area (Å²) in [6.07, 6.45) is 5.88. The average Bonchev–Trinajstić information content (AvgIpc) is 2.80. The zero-order chi connectivity index (χ0) is 26.3. The Hall–Kier alpha value is -3.80. The van der Waals surface area contributed by atoms with Crippen LogP contribution in [0.2, 0.25) is 0 Å². The van der Waals surface area contributed by atoms with Crippen LogP contribution < -0.4 is 19.8 Å². The summed E-state index contributed by atoms with van der Waals surface area (Å²) >= 11 is 0. The van der Waals surface area contributed by atoms with Crippen LogP contribution in [0.1, 0.15) is 64.7 Å². The fourth-order valence-electron chi connectivity index (χ4n) is 3.49. The Morgan fingerprint density at radius 1 is 0.944 bits per heavy atom. The Morgan fingerprint density at radius 3 is 2.33 bits per heavy atom. The van der Waals surface area contributed by atoms with Crippen LogP contribution in [-0.2, 0) is 0 Å². The summed E-state index contributed by atoms with van der Waals surface area (Å²) in [6, 6.07) is 13.6. The van der Waals surface area contributed by atoms with Crippen LogP contribution in [0.25, 0.3) is 11.0 Å². The second kappa shape index (κ2) is 11.8. The molecule has 2 aromatic carbocycles. The molecule has 190 valence electrons. The second-order valence-electron chi connectivity index (χ2n) is 9.83. The standard InChI is InChI=1S/C30H34O6/c1-20(2)12-10-13-21(3)18-19-33-27-26(35-28(31)22-14-8-7-9-15-22)25-23(34-29(27)32)16-11-17-24(25)36-30(4,5)6/h7-9,11-12,14-18H,10,13,19H2,1-6H3/b21-18+. The maximum Gasteiger partial charge on any atom is 0.383 e. The number of esters is 1. The van der Waals surface area contributed by atoms with E-state index >= 15 is 0 Å². The summed E-state index contributed by atoms with van der Waals surface area (Å²) in [5.74, 6) is -0.403. The number of benzene rings is 2. The Bertz CT molecular complexity index is 1320. The van der Waals surface area contributed by atoms with Gasteiger partial charge in [0.15, 0.2) is 5.75 Å². The predicted octanol–water partition coefficient (Wildman–Crippen LogP) is 7.26. The highest BCUT2D eigenvalue weighted by Crippen LogP contribution is 2.40. The number of fused-ring (bicyclic) bond motifs is 1. The van der Waals surface area contributed by atoms with E-state index in [1.165, 1.54) is 5.57 Å². The van der Waals surface area contributed by atoms with Gasteiger partial charge in [-0.25, -0.2) is 9.59 Å². The minimum Gasteiger partial charge on any atom is -0.487 e. The number of carbonyl (C=O) groups excluding carboxylic acids is 1. The van der Waals surface area contributed by atoms with Gasteiger partial charge in [0.1, 0.15) is 28.9 Å². The molecule has 0 bridgehead atoms. The van der Waals surface area contributed by atoms with Gasteiger partial charge in [-0.05, 0) is 84.7 Å². The summed E-state index contributed by atoms with van der Waals surface area (Å²) < 4.78 is 23.3. The summed E-state index contributed by atoms with van der Waals surface area (Å²) in [5, 5.41) is 0.357. The van der Waals surface area contributed by atoms with E-state index in [0.29, 0.717) is 16.7 Å². The Labute approximate surface area is 212 Å². The normalized spacial score (nSPS) is 11.8. The van der Waals surface area contributed by atoms with Crippen LogP contribution in [0.15, 0.2) is 81.0 Å². The van der Waals surface area contributed by atoms with E-state index in [1.807, 2.05) is 33.8 Å². The van der Waals surface area contributed by atoms with Crippen molar-refractivity contribution >= 4 is 16.9 Å². The smallest absolute Gasteiger partial charge is 0.383 e. The molecule has 3 aromatic rings. The molecule has 0 N–H and O–H groups in total. The molecular formula is C30H34O6. The molecule has 0 radical (unpaired) electrons. The fourth-order valence-corrected chi connectivity index (χ4v) is 3.49. The molecule has 6 nitrogen and oxygen atoms in total. The van der Waals surface area contributed by atoms with Gasteiger partial charge in [0.25, 0.3) is 0 Å². The highest BCUT2D eigenvalue weighted by atomic mass is 16.6. The van der Waals surface area contributed by atoms with Crippen LogP contribution in [-0.4, -0.2) is 18.2 Å². The first-order chi connectivity index (χ1) is 17.0.